The van der Waals surface area contributed by atoms with Gasteiger partial charge in [0, 0.05) is 18.2 Å². The number of imide groups is 1. The lowest BCUT2D eigenvalue weighted by atomic mass is 9.97. The number of carbonyl (C=O) groups is 4. The van der Waals surface area contributed by atoms with Crippen LogP contribution in [-0.4, -0.2) is 76.9 Å². The molecule has 142 valence electrons. The number of carbonyl (C=O) groups excluding carboxylic acids is 4. The highest BCUT2D eigenvalue weighted by Gasteiger charge is 2.26. The van der Waals surface area contributed by atoms with Crippen LogP contribution in [0.2, 0.25) is 0 Å². The Morgan fingerprint density at radius 3 is 2.08 bits per heavy atom. The lowest BCUT2D eigenvalue weighted by Gasteiger charge is -2.25. The van der Waals surface area contributed by atoms with Gasteiger partial charge in [-0.3, -0.25) is 24.1 Å². The molecule has 0 aliphatic carbocycles. The minimum absolute atomic E-state index is 0.000694. The van der Waals surface area contributed by atoms with Crippen molar-refractivity contribution in [3.63, 3.8) is 0 Å². The standard InChI is InChI=1S/C18H24N2O6/c1-11-5-14(9-23)16(17(25)19(4)12(2)7-21)6-15(11)18(26)20(10-24)13(3)8-22/h5-6,9-10,12-13,21-22H,7-8H2,1-4H3. The van der Waals surface area contributed by atoms with Crippen molar-refractivity contribution in [2.45, 2.75) is 32.9 Å². The van der Waals surface area contributed by atoms with Gasteiger partial charge in [0.25, 0.3) is 11.8 Å². The zero-order valence-corrected chi connectivity index (χ0v) is 15.3. The fourth-order valence-electron chi connectivity index (χ4n) is 2.33. The number of benzene rings is 1. The molecule has 2 N–H and O–H groups in total. The summed E-state index contributed by atoms with van der Waals surface area (Å²) in [5, 5.41) is 18.4. The van der Waals surface area contributed by atoms with Crippen molar-refractivity contribution >= 4 is 24.5 Å². The average molecular weight is 364 g/mol. The van der Waals surface area contributed by atoms with E-state index in [0.717, 1.165) is 4.90 Å². The van der Waals surface area contributed by atoms with Crippen LogP contribution in [0.3, 0.4) is 0 Å². The molecule has 8 nitrogen and oxygen atoms in total. The molecule has 8 heteroatoms. The van der Waals surface area contributed by atoms with E-state index in [-0.39, 0.29) is 23.3 Å². The van der Waals surface area contributed by atoms with Crippen LogP contribution in [0.5, 0.6) is 0 Å². The first-order chi connectivity index (χ1) is 12.2. The van der Waals surface area contributed by atoms with Gasteiger partial charge in [-0.25, -0.2) is 0 Å². The molecule has 0 spiro atoms. The summed E-state index contributed by atoms with van der Waals surface area (Å²) in [6.45, 7) is 4.06. The lowest BCUT2D eigenvalue weighted by molar-refractivity contribution is -0.118. The zero-order chi connectivity index (χ0) is 20.0. The third-order valence-electron chi connectivity index (χ3n) is 4.32. The second-order valence-electron chi connectivity index (χ2n) is 6.17. The van der Waals surface area contributed by atoms with E-state index >= 15 is 0 Å². The molecular formula is C18H24N2O6. The maximum atomic E-state index is 12.7. The Balaban J connectivity index is 3.45. The van der Waals surface area contributed by atoms with E-state index in [1.807, 2.05) is 0 Å². The molecule has 3 amide bonds. The maximum Gasteiger partial charge on any atom is 0.260 e. The fraction of sp³-hybridized carbons (Fsp3) is 0.444. The number of aldehydes is 1. The third kappa shape index (κ3) is 4.33. The van der Waals surface area contributed by atoms with Crippen molar-refractivity contribution in [3.05, 3.63) is 34.4 Å². The summed E-state index contributed by atoms with van der Waals surface area (Å²) in [7, 11) is 1.48. The number of amides is 3. The monoisotopic (exact) mass is 364 g/mol. The summed E-state index contributed by atoms with van der Waals surface area (Å²) in [6, 6.07) is 1.45. The minimum Gasteiger partial charge on any atom is -0.394 e. The fourth-order valence-corrected chi connectivity index (χ4v) is 2.33. The topological polar surface area (TPSA) is 115 Å². The van der Waals surface area contributed by atoms with Gasteiger partial charge in [-0.15, -0.1) is 0 Å². The van der Waals surface area contributed by atoms with Crippen LogP contribution in [-0.2, 0) is 4.79 Å². The number of aliphatic hydroxyl groups excluding tert-OH is 2. The molecule has 0 bridgehead atoms. The largest absolute Gasteiger partial charge is 0.394 e. The molecule has 0 fully saturated rings. The molecule has 26 heavy (non-hydrogen) atoms. The maximum absolute atomic E-state index is 12.7. The van der Waals surface area contributed by atoms with E-state index < -0.39 is 30.5 Å². The highest BCUT2D eigenvalue weighted by molar-refractivity contribution is 6.07. The summed E-state index contributed by atoms with van der Waals surface area (Å²) < 4.78 is 0. The first-order valence-electron chi connectivity index (χ1n) is 8.10. The first kappa shape index (κ1) is 21.5. The predicted octanol–water partition coefficient (Wildman–Crippen LogP) is 0.240. The Morgan fingerprint density at radius 1 is 1.04 bits per heavy atom. The van der Waals surface area contributed by atoms with Crippen LogP contribution in [0.15, 0.2) is 12.1 Å². The number of aliphatic hydroxyl groups is 2. The number of hydrogen-bond donors (Lipinski definition) is 2. The van der Waals surface area contributed by atoms with Crippen LogP contribution < -0.4 is 0 Å². The van der Waals surface area contributed by atoms with Crippen LogP contribution in [0.4, 0.5) is 0 Å². The molecule has 2 unspecified atom stereocenters. The van der Waals surface area contributed by atoms with Gasteiger partial charge >= 0.3 is 0 Å². The zero-order valence-electron chi connectivity index (χ0n) is 15.3. The molecule has 0 heterocycles. The highest BCUT2D eigenvalue weighted by Crippen LogP contribution is 2.20. The summed E-state index contributed by atoms with van der Waals surface area (Å²) in [5.41, 5.74) is 0.605. The number of aryl methyl sites for hydroxylation is 1. The Hall–Kier alpha value is -2.58. The molecule has 0 aliphatic heterocycles. The molecular weight excluding hydrogens is 340 g/mol. The summed E-state index contributed by atoms with van der Waals surface area (Å²) in [6.07, 6.45) is 0.831. The van der Waals surface area contributed by atoms with Crippen molar-refractivity contribution in [2.75, 3.05) is 20.3 Å². The number of likely N-dealkylation sites (N-methyl/N-ethyl adjacent to an activating group) is 1. The van der Waals surface area contributed by atoms with Gasteiger partial charge in [-0.2, -0.15) is 0 Å². The van der Waals surface area contributed by atoms with Gasteiger partial charge in [-0.1, -0.05) is 0 Å². The Kier molecular flexibility index (Phi) is 7.60. The van der Waals surface area contributed by atoms with Gasteiger partial charge < -0.3 is 15.1 Å². The quantitative estimate of drug-likeness (QED) is 0.639. The molecule has 2 atom stereocenters. The molecule has 1 rings (SSSR count). The summed E-state index contributed by atoms with van der Waals surface area (Å²) in [4.78, 5) is 50.0. The van der Waals surface area contributed by atoms with E-state index in [9.17, 15) is 29.4 Å². The molecule has 0 radical (unpaired) electrons. The van der Waals surface area contributed by atoms with E-state index in [4.69, 9.17) is 0 Å². The van der Waals surface area contributed by atoms with Gasteiger partial charge in [0.05, 0.1) is 30.9 Å². The lowest BCUT2D eigenvalue weighted by Crippen LogP contribution is -2.40. The van der Waals surface area contributed by atoms with E-state index in [0.29, 0.717) is 18.3 Å². The van der Waals surface area contributed by atoms with Gasteiger partial charge in [-0.05, 0) is 38.5 Å². The number of rotatable bonds is 8. The van der Waals surface area contributed by atoms with Gasteiger partial charge in [0.1, 0.15) is 0 Å². The van der Waals surface area contributed by atoms with Crippen molar-refractivity contribution in [1.82, 2.24) is 9.80 Å². The Morgan fingerprint density at radius 2 is 1.62 bits per heavy atom. The number of nitrogens with zero attached hydrogens (tertiary/aromatic N) is 2. The summed E-state index contributed by atoms with van der Waals surface area (Å²) >= 11 is 0. The number of hydrogen-bond acceptors (Lipinski definition) is 6. The minimum atomic E-state index is -0.735. The van der Waals surface area contributed by atoms with E-state index in [2.05, 4.69) is 0 Å². The second-order valence-corrected chi connectivity index (χ2v) is 6.17. The molecule has 1 aromatic rings. The van der Waals surface area contributed by atoms with Crippen molar-refractivity contribution in [1.29, 1.82) is 0 Å². The van der Waals surface area contributed by atoms with Crippen molar-refractivity contribution in [3.8, 4) is 0 Å². The average Bonchev–Trinajstić information content (AvgIpc) is 2.65. The Labute approximate surface area is 152 Å². The van der Waals surface area contributed by atoms with Gasteiger partial charge in [0.15, 0.2) is 6.29 Å². The SMILES string of the molecule is Cc1cc(C=O)c(C(=O)N(C)C(C)CO)cc1C(=O)N(C=O)C(C)CO. The third-order valence-corrected chi connectivity index (χ3v) is 4.32. The van der Waals surface area contributed by atoms with Crippen LogP contribution in [0, 0.1) is 6.92 Å². The smallest absolute Gasteiger partial charge is 0.260 e. The van der Waals surface area contributed by atoms with Gasteiger partial charge in [0.2, 0.25) is 6.41 Å². The predicted molar refractivity (Wildman–Crippen MR) is 94.0 cm³/mol. The normalized spacial score (nSPS) is 12.8. The van der Waals surface area contributed by atoms with E-state index in [1.165, 1.54) is 31.0 Å². The van der Waals surface area contributed by atoms with Crippen molar-refractivity contribution < 1.29 is 29.4 Å². The Bertz CT molecular complexity index is 703. The van der Waals surface area contributed by atoms with Crippen LogP contribution >= 0.6 is 0 Å². The highest BCUT2D eigenvalue weighted by atomic mass is 16.3. The first-order valence-corrected chi connectivity index (χ1v) is 8.10. The molecule has 0 saturated carbocycles. The molecule has 1 aromatic carbocycles. The molecule has 0 saturated heterocycles. The molecule has 0 aromatic heterocycles. The summed E-state index contributed by atoms with van der Waals surface area (Å²) in [5.74, 6) is -1.21. The van der Waals surface area contributed by atoms with Crippen LogP contribution in [0.1, 0.15) is 50.5 Å². The van der Waals surface area contributed by atoms with Crippen LogP contribution in [0.25, 0.3) is 0 Å². The van der Waals surface area contributed by atoms with E-state index in [1.54, 1.807) is 13.8 Å². The molecule has 0 aliphatic rings. The second kappa shape index (κ2) is 9.21. The van der Waals surface area contributed by atoms with Crippen molar-refractivity contribution in [2.24, 2.45) is 0 Å².